The number of benzene rings is 1. The van der Waals surface area contributed by atoms with Gasteiger partial charge in [0.1, 0.15) is 23.6 Å². The molecule has 0 bridgehead atoms. The molecule has 1 aliphatic rings. The van der Waals surface area contributed by atoms with Gasteiger partial charge in [-0.3, -0.25) is 4.90 Å². The van der Waals surface area contributed by atoms with E-state index in [0.717, 1.165) is 0 Å². The van der Waals surface area contributed by atoms with Gasteiger partial charge in [0.05, 0.1) is 18.8 Å². The van der Waals surface area contributed by atoms with Crippen LogP contribution in [0, 0.1) is 17.1 Å². The van der Waals surface area contributed by atoms with Crippen LogP contribution in [-0.2, 0) is 4.74 Å². The number of ether oxygens (including phenoxy) is 2. The molecule has 0 saturated carbocycles. The molecule has 0 spiro atoms. The largest absolute Gasteiger partial charge is 0.485 e. The van der Waals surface area contributed by atoms with Crippen LogP contribution < -0.4 is 9.64 Å². The Morgan fingerprint density at radius 2 is 2.18 bits per heavy atom. The molecule has 0 unspecified atom stereocenters. The Morgan fingerprint density at radius 1 is 1.43 bits per heavy atom. The van der Waals surface area contributed by atoms with E-state index in [-0.39, 0.29) is 30.2 Å². The van der Waals surface area contributed by atoms with Crippen LogP contribution >= 0.6 is 0 Å². The van der Waals surface area contributed by atoms with Crippen LogP contribution in [0.15, 0.2) is 30.5 Å². The molecule has 2 aromatic rings. The molecule has 3 rings (SSSR count). The zero-order valence-electron chi connectivity index (χ0n) is 15.8. The second-order valence-corrected chi connectivity index (χ2v) is 7.36. The number of nitriles is 1. The Kier molecular flexibility index (Phi) is 5.21. The van der Waals surface area contributed by atoms with E-state index in [2.05, 4.69) is 4.98 Å². The van der Waals surface area contributed by atoms with Crippen molar-refractivity contribution in [3.8, 4) is 22.9 Å². The summed E-state index contributed by atoms with van der Waals surface area (Å²) in [6.07, 6.45) is 0.139. The number of hydrogen-bond donors (Lipinski definition) is 1. The van der Waals surface area contributed by atoms with Crippen molar-refractivity contribution < 1.29 is 23.8 Å². The lowest BCUT2D eigenvalue weighted by Crippen LogP contribution is -2.25. The van der Waals surface area contributed by atoms with Crippen molar-refractivity contribution in [3.63, 3.8) is 0 Å². The van der Waals surface area contributed by atoms with Gasteiger partial charge in [0.2, 0.25) is 0 Å². The van der Waals surface area contributed by atoms with Crippen LogP contribution in [0.3, 0.4) is 0 Å². The Bertz CT molecular complexity index is 949. The lowest BCUT2D eigenvalue weighted by Gasteiger charge is -2.22. The standard InChI is InChI=1S/C20H20FN3O4/c1-20(2,3)28-18-6-12(9-23-17(18)8-22)15-5-4-13(7-16(15)21)24-10-14(11-25)27-19(24)26/h4-7,9,14,25H,10-11H2,1-3H3/t14-/m1/s1. The number of halogens is 1. The molecule has 1 aliphatic heterocycles. The summed E-state index contributed by atoms with van der Waals surface area (Å²) in [4.78, 5) is 17.2. The van der Waals surface area contributed by atoms with Crippen LogP contribution in [0.5, 0.6) is 5.75 Å². The molecule has 1 aromatic heterocycles. The van der Waals surface area contributed by atoms with Crippen LogP contribution in [0.25, 0.3) is 11.1 Å². The first-order valence-electron chi connectivity index (χ1n) is 8.70. The van der Waals surface area contributed by atoms with Crippen molar-refractivity contribution in [3.05, 3.63) is 42.0 Å². The number of carbonyl (C=O) groups excluding carboxylic acids is 1. The van der Waals surface area contributed by atoms with E-state index in [1.807, 2.05) is 26.8 Å². The number of cyclic esters (lactones) is 1. The molecule has 1 fully saturated rings. The van der Waals surface area contributed by atoms with Gasteiger partial charge in [-0.25, -0.2) is 14.2 Å². The fourth-order valence-corrected chi connectivity index (χ4v) is 2.82. The van der Waals surface area contributed by atoms with Gasteiger partial charge in [0.25, 0.3) is 0 Å². The fourth-order valence-electron chi connectivity index (χ4n) is 2.82. The van der Waals surface area contributed by atoms with Gasteiger partial charge >= 0.3 is 6.09 Å². The van der Waals surface area contributed by atoms with Crippen LogP contribution in [0.1, 0.15) is 26.5 Å². The number of aromatic nitrogens is 1. The molecule has 7 nitrogen and oxygen atoms in total. The van der Waals surface area contributed by atoms with Crippen molar-refractivity contribution in [2.24, 2.45) is 0 Å². The van der Waals surface area contributed by atoms with Gasteiger partial charge in [0.15, 0.2) is 11.4 Å². The summed E-state index contributed by atoms with van der Waals surface area (Å²) in [5.74, 6) is -0.296. The lowest BCUT2D eigenvalue weighted by molar-refractivity contribution is 0.0963. The average Bonchev–Trinajstić information content (AvgIpc) is 3.01. The first kappa shape index (κ1) is 19.6. The smallest absolute Gasteiger partial charge is 0.414 e. The number of pyridine rings is 1. The van der Waals surface area contributed by atoms with Gasteiger partial charge in [-0.1, -0.05) is 0 Å². The lowest BCUT2D eigenvalue weighted by atomic mass is 10.0. The van der Waals surface area contributed by atoms with E-state index in [1.165, 1.54) is 23.2 Å². The summed E-state index contributed by atoms with van der Waals surface area (Å²) in [7, 11) is 0. The summed E-state index contributed by atoms with van der Waals surface area (Å²) < 4.78 is 25.5. The third-order valence-electron chi connectivity index (χ3n) is 4.03. The second kappa shape index (κ2) is 7.44. The van der Waals surface area contributed by atoms with Crippen molar-refractivity contribution in [2.45, 2.75) is 32.5 Å². The zero-order chi connectivity index (χ0) is 20.5. The molecule has 146 valence electrons. The number of carbonyl (C=O) groups is 1. The molecule has 0 aliphatic carbocycles. The SMILES string of the molecule is CC(C)(C)Oc1cc(-c2ccc(N3C[C@H](CO)OC3=O)cc2F)cnc1C#N. The monoisotopic (exact) mass is 385 g/mol. The average molecular weight is 385 g/mol. The first-order valence-corrected chi connectivity index (χ1v) is 8.70. The number of aliphatic hydroxyl groups excluding tert-OH is 1. The summed E-state index contributed by atoms with van der Waals surface area (Å²) in [5, 5.41) is 18.3. The molecular weight excluding hydrogens is 365 g/mol. The predicted molar refractivity (Wildman–Crippen MR) is 99.4 cm³/mol. The maximum Gasteiger partial charge on any atom is 0.414 e. The van der Waals surface area contributed by atoms with Gasteiger partial charge in [-0.15, -0.1) is 0 Å². The minimum atomic E-state index is -0.632. The van der Waals surface area contributed by atoms with Crippen molar-refractivity contribution in [1.82, 2.24) is 4.98 Å². The number of hydrogen-bond acceptors (Lipinski definition) is 6. The third-order valence-corrected chi connectivity index (χ3v) is 4.03. The number of rotatable bonds is 4. The molecule has 0 radical (unpaired) electrons. The third kappa shape index (κ3) is 4.05. The van der Waals surface area contributed by atoms with Gasteiger partial charge < -0.3 is 14.6 Å². The van der Waals surface area contributed by atoms with Crippen LogP contribution in [0.4, 0.5) is 14.9 Å². The summed E-state index contributed by atoms with van der Waals surface area (Å²) >= 11 is 0. The zero-order valence-corrected chi connectivity index (χ0v) is 15.8. The molecule has 28 heavy (non-hydrogen) atoms. The van der Waals surface area contributed by atoms with E-state index >= 15 is 0 Å². The molecule has 1 saturated heterocycles. The van der Waals surface area contributed by atoms with Crippen molar-refractivity contribution in [1.29, 1.82) is 5.26 Å². The number of anilines is 1. The van der Waals surface area contributed by atoms with Gasteiger partial charge in [-0.05, 0) is 45.0 Å². The van der Waals surface area contributed by atoms with Crippen molar-refractivity contribution in [2.75, 3.05) is 18.1 Å². The first-order chi connectivity index (χ1) is 13.2. The highest BCUT2D eigenvalue weighted by atomic mass is 19.1. The normalized spacial score (nSPS) is 16.6. The summed E-state index contributed by atoms with van der Waals surface area (Å²) in [5.41, 5.74) is 0.596. The molecule has 1 aromatic carbocycles. The fraction of sp³-hybridized carbons (Fsp3) is 0.350. The van der Waals surface area contributed by atoms with E-state index in [1.54, 1.807) is 12.1 Å². The highest BCUT2D eigenvalue weighted by molar-refractivity contribution is 5.90. The molecular formula is C20H20FN3O4. The molecule has 8 heteroatoms. The quantitative estimate of drug-likeness (QED) is 0.868. The van der Waals surface area contributed by atoms with Crippen molar-refractivity contribution >= 4 is 11.8 Å². The summed E-state index contributed by atoms with van der Waals surface area (Å²) in [6, 6.07) is 7.86. The molecule has 1 N–H and O–H groups in total. The minimum absolute atomic E-state index is 0.116. The van der Waals surface area contributed by atoms with Gasteiger partial charge in [0, 0.05) is 17.3 Å². The van der Waals surface area contributed by atoms with E-state index in [0.29, 0.717) is 11.3 Å². The van der Waals surface area contributed by atoms with E-state index in [9.17, 15) is 14.4 Å². The molecule has 1 atom stereocenters. The van der Waals surface area contributed by atoms with Gasteiger partial charge in [-0.2, -0.15) is 5.26 Å². The second-order valence-electron chi connectivity index (χ2n) is 7.36. The maximum atomic E-state index is 14.8. The van der Waals surface area contributed by atoms with Crippen LogP contribution in [-0.4, -0.2) is 41.0 Å². The Labute approximate surface area is 161 Å². The topological polar surface area (TPSA) is 95.7 Å². The molecule has 1 amide bonds. The van der Waals surface area contributed by atoms with E-state index < -0.39 is 23.6 Å². The Morgan fingerprint density at radius 3 is 2.75 bits per heavy atom. The highest BCUT2D eigenvalue weighted by Crippen LogP contribution is 2.32. The van der Waals surface area contributed by atoms with Crippen LogP contribution in [0.2, 0.25) is 0 Å². The maximum absolute atomic E-state index is 14.8. The Balaban J connectivity index is 1.94. The summed E-state index contributed by atoms with van der Waals surface area (Å²) in [6.45, 7) is 5.37. The highest BCUT2D eigenvalue weighted by Gasteiger charge is 2.32. The number of aliphatic hydroxyl groups is 1. The molecule has 2 heterocycles. The Hall–Kier alpha value is -3.18. The number of nitrogens with zero attached hydrogens (tertiary/aromatic N) is 3. The number of amides is 1. The minimum Gasteiger partial charge on any atom is -0.485 e. The predicted octanol–water partition coefficient (Wildman–Crippen LogP) is 3.25. The van der Waals surface area contributed by atoms with E-state index in [4.69, 9.17) is 14.6 Å².